The number of aromatic nitrogens is 1. The standard InChI is InChI=1S/C28H40N4O5/c1-17-11-21(15-31(6)26(17)34)25-30-22-12-19(7-8-23(22)32(25)14-20-9-10-36-16-20)13-29-24(18(2)33)27(35)37-28(3,4)5/h7-8,11-12,15,18,20,24-25,29-30,33H,9-10,13-14,16H2,1-6H3/t18-,20?,24?,25?/m1/s1. The summed E-state index contributed by atoms with van der Waals surface area (Å²) in [5.41, 5.74) is 4.15. The molecular formula is C28H40N4O5. The number of esters is 1. The summed E-state index contributed by atoms with van der Waals surface area (Å²) in [4.78, 5) is 27.3. The molecule has 9 nitrogen and oxygen atoms in total. The Labute approximate surface area is 218 Å². The van der Waals surface area contributed by atoms with E-state index in [4.69, 9.17) is 9.47 Å². The lowest BCUT2D eigenvalue weighted by molar-refractivity contribution is -0.160. The van der Waals surface area contributed by atoms with E-state index in [9.17, 15) is 14.7 Å². The van der Waals surface area contributed by atoms with Gasteiger partial charge in [0.2, 0.25) is 0 Å². The number of hydrogen-bond acceptors (Lipinski definition) is 8. The topological polar surface area (TPSA) is 105 Å². The van der Waals surface area contributed by atoms with Crippen molar-refractivity contribution in [3.8, 4) is 0 Å². The minimum Gasteiger partial charge on any atom is -0.459 e. The third-order valence-electron chi connectivity index (χ3n) is 6.82. The van der Waals surface area contributed by atoms with Crippen LogP contribution in [0.5, 0.6) is 0 Å². The summed E-state index contributed by atoms with van der Waals surface area (Å²) in [7, 11) is 1.78. The first-order valence-electron chi connectivity index (χ1n) is 13.0. The second-order valence-electron chi connectivity index (χ2n) is 11.3. The van der Waals surface area contributed by atoms with E-state index in [0.717, 1.165) is 48.7 Å². The lowest BCUT2D eigenvalue weighted by atomic mass is 10.1. The summed E-state index contributed by atoms with van der Waals surface area (Å²) >= 11 is 0. The molecule has 0 aliphatic carbocycles. The van der Waals surface area contributed by atoms with Gasteiger partial charge in [0.15, 0.2) is 0 Å². The highest BCUT2D eigenvalue weighted by Gasteiger charge is 2.34. The van der Waals surface area contributed by atoms with Gasteiger partial charge in [0, 0.05) is 50.0 Å². The van der Waals surface area contributed by atoms with Gasteiger partial charge in [-0.15, -0.1) is 0 Å². The van der Waals surface area contributed by atoms with Gasteiger partial charge >= 0.3 is 5.97 Å². The number of fused-ring (bicyclic) bond motifs is 1. The van der Waals surface area contributed by atoms with Crippen LogP contribution >= 0.6 is 0 Å². The highest BCUT2D eigenvalue weighted by molar-refractivity contribution is 5.78. The molecule has 0 radical (unpaired) electrons. The number of aliphatic hydroxyl groups is 1. The third kappa shape index (κ3) is 6.34. The van der Waals surface area contributed by atoms with E-state index in [-0.39, 0.29) is 11.7 Å². The lowest BCUT2D eigenvalue weighted by Gasteiger charge is -2.29. The molecule has 0 bridgehead atoms. The molecule has 4 atom stereocenters. The predicted octanol–water partition coefficient (Wildman–Crippen LogP) is 2.84. The van der Waals surface area contributed by atoms with Crippen LogP contribution in [0.25, 0.3) is 0 Å². The Morgan fingerprint density at radius 1 is 1.32 bits per heavy atom. The minimum absolute atomic E-state index is 0.000942. The molecule has 1 aromatic heterocycles. The summed E-state index contributed by atoms with van der Waals surface area (Å²) in [6.45, 7) is 11.6. The van der Waals surface area contributed by atoms with Crippen molar-refractivity contribution >= 4 is 17.3 Å². The van der Waals surface area contributed by atoms with Gasteiger partial charge < -0.3 is 29.4 Å². The number of pyridine rings is 1. The van der Waals surface area contributed by atoms with Crippen LogP contribution in [-0.4, -0.2) is 53.1 Å². The van der Waals surface area contributed by atoms with Crippen LogP contribution in [0, 0.1) is 12.8 Å². The van der Waals surface area contributed by atoms with Gasteiger partial charge in [-0.2, -0.15) is 0 Å². The number of aliphatic hydroxyl groups excluding tert-OH is 1. The zero-order valence-electron chi connectivity index (χ0n) is 22.7. The highest BCUT2D eigenvalue weighted by Crippen LogP contribution is 2.42. The van der Waals surface area contributed by atoms with Crippen LogP contribution in [0.1, 0.15) is 57.0 Å². The number of aryl methyl sites for hydroxylation is 2. The molecule has 37 heavy (non-hydrogen) atoms. The zero-order valence-corrected chi connectivity index (χ0v) is 22.7. The molecule has 0 spiro atoms. The van der Waals surface area contributed by atoms with Crippen LogP contribution in [-0.2, 0) is 27.9 Å². The van der Waals surface area contributed by atoms with E-state index < -0.39 is 23.7 Å². The second-order valence-corrected chi connectivity index (χ2v) is 11.3. The van der Waals surface area contributed by atoms with Crippen molar-refractivity contribution in [1.29, 1.82) is 0 Å². The monoisotopic (exact) mass is 512 g/mol. The molecule has 4 rings (SSSR count). The molecule has 0 saturated carbocycles. The Kier molecular flexibility index (Phi) is 7.96. The molecule has 2 aromatic rings. The van der Waals surface area contributed by atoms with Crippen molar-refractivity contribution in [3.05, 3.63) is 57.5 Å². The SMILES string of the molecule is Cc1cc(C2Nc3cc(CNC(C(=O)OC(C)(C)C)[C@@H](C)O)ccc3N2CC2CCOC2)cn(C)c1=O. The van der Waals surface area contributed by atoms with E-state index in [2.05, 4.69) is 27.7 Å². The molecule has 1 aromatic carbocycles. The van der Waals surface area contributed by atoms with Crippen molar-refractivity contribution < 1.29 is 19.4 Å². The van der Waals surface area contributed by atoms with Crippen LogP contribution in [0.4, 0.5) is 11.4 Å². The van der Waals surface area contributed by atoms with Crippen LogP contribution < -0.4 is 21.1 Å². The predicted molar refractivity (Wildman–Crippen MR) is 144 cm³/mol. The fourth-order valence-electron chi connectivity index (χ4n) is 5.00. The van der Waals surface area contributed by atoms with E-state index in [1.165, 1.54) is 0 Å². The Morgan fingerprint density at radius 3 is 2.70 bits per heavy atom. The van der Waals surface area contributed by atoms with Crippen LogP contribution in [0.2, 0.25) is 0 Å². The smallest absolute Gasteiger partial charge is 0.326 e. The molecule has 2 aliphatic rings. The van der Waals surface area contributed by atoms with Crippen molar-refractivity contribution in [1.82, 2.24) is 9.88 Å². The number of anilines is 2. The van der Waals surface area contributed by atoms with Gasteiger partial charge in [0.05, 0.1) is 24.1 Å². The number of carbonyl (C=O) groups excluding carboxylic acids is 1. The summed E-state index contributed by atoms with van der Waals surface area (Å²) in [5.74, 6) is -0.0392. The summed E-state index contributed by atoms with van der Waals surface area (Å²) in [5, 5.41) is 17.0. The number of ether oxygens (including phenoxy) is 2. The second kappa shape index (κ2) is 10.8. The largest absolute Gasteiger partial charge is 0.459 e. The van der Waals surface area contributed by atoms with Gasteiger partial charge in [-0.3, -0.25) is 14.9 Å². The maximum Gasteiger partial charge on any atom is 0.326 e. The quantitative estimate of drug-likeness (QED) is 0.464. The van der Waals surface area contributed by atoms with Crippen molar-refractivity contribution in [2.24, 2.45) is 13.0 Å². The minimum atomic E-state index is -0.899. The van der Waals surface area contributed by atoms with Gasteiger partial charge in [0.1, 0.15) is 17.8 Å². The molecule has 3 heterocycles. The Balaban J connectivity index is 1.56. The average molecular weight is 513 g/mol. The van der Waals surface area contributed by atoms with Gasteiger partial charge in [-0.05, 0) is 64.8 Å². The number of hydrogen-bond donors (Lipinski definition) is 3. The Hall–Kier alpha value is -2.88. The number of benzene rings is 1. The number of nitrogens with one attached hydrogen (secondary N) is 2. The maximum atomic E-state index is 12.6. The van der Waals surface area contributed by atoms with Crippen molar-refractivity contribution in [2.75, 3.05) is 30.0 Å². The van der Waals surface area contributed by atoms with E-state index in [1.807, 2.05) is 46.0 Å². The van der Waals surface area contributed by atoms with E-state index >= 15 is 0 Å². The van der Waals surface area contributed by atoms with Crippen molar-refractivity contribution in [2.45, 2.75) is 71.5 Å². The molecule has 3 unspecified atom stereocenters. The Morgan fingerprint density at radius 2 is 2.08 bits per heavy atom. The summed E-state index contributed by atoms with van der Waals surface area (Å²) < 4.78 is 12.7. The molecule has 0 amide bonds. The number of rotatable bonds is 8. The lowest BCUT2D eigenvalue weighted by Crippen LogP contribution is -2.47. The number of nitrogens with zero attached hydrogens (tertiary/aromatic N) is 2. The molecule has 2 aliphatic heterocycles. The first kappa shape index (κ1) is 27.2. The third-order valence-corrected chi connectivity index (χ3v) is 6.82. The molecule has 3 N–H and O–H groups in total. The molecule has 9 heteroatoms. The Bertz CT molecular complexity index is 1150. The summed E-state index contributed by atoms with van der Waals surface area (Å²) in [6.07, 6.45) is 1.91. The molecule has 202 valence electrons. The average Bonchev–Trinajstić information content (AvgIpc) is 3.44. The normalized spacial score (nSPS) is 20.9. The first-order valence-corrected chi connectivity index (χ1v) is 13.0. The molecule has 1 saturated heterocycles. The van der Waals surface area contributed by atoms with Crippen LogP contribution in [0.3, 0.4) is 0 Å². The first-order chi connectivity index (χ1) is 17.4. The fraction of sp³-hybridized carbons (Fsp3) is 0.571. The van der Waals surface area contributed by atoms with E-state index in [0.29, 0.717) is 18.0 Å². The maximum absolute atomic E-state index is 12.6. The van der Waals surface area contributed by atoms with Gasteiger partial charge in [-0.25, -0.2) is 0 Å². The molecule has 1 fully saturated rings. The van der Waals surface area contributed by atoms with E-state index in [1.54, 1.807) is 18.5 Å². The zero-order chi connectivity index (χ0) is 26.9. The fourth-order valence-corrected chi connectivity index (χ4v) is 5.00. The summed E-state index contributed by atoms with van der Waals surface area (Å²) in [6, 6.07) is 7.33. The van der Waals surface area contributed by atoms with Crippen LogP contribution in [0.15, 0.2) is 35.3 Å². The van der Waals surface area contributed by atoms with Gasteiger partial charge in [-0.1, -0.05) is 6.07 Å². The van der Waals surface area contributed by atoms with Gasteiger partial charge in [0.25, 0.3) is 5.56 Å². The van der Waals surface area contributed by atoms with Crippen molar-refractivity contribution in [3.63, 3.8) is 0 Å². The highest BCUT2D eigenvalue weighted by atomic mass is 16.6. The molecular weight excluding hydrogens is 472 g/mol. The number of carbonyl (C=O) groups is 1.